The van der Waals surface area contributed by atoms with Gasteiger partial charge in [0.1, 0.15) is 0 Å². The third kappa shape index (κ3) is 3.99. The van der Waals surface area contributed by atoms with E-state index < -0.39 is 0 Å². The molecule has 0 N–H and O–H groups in total. The lowest BCUT2D eigenvalue weighted by molar-refractivity contribution is -0.140. The largest absolute Gasteiger partial charge is 0.469 e. The second-order valence-corrected chi connectivity index (χ2v) is 5.78. The molecule has 0 saturated heterocycles. The van der Waals surface area contributed by atoms with Crippen LogP contribution in [0.5, 0.6) is 0 Å². The van der Waals surface area contributed by atoms with E-state index in [0.29, 0.717) is 11.8 Å². The minimum Gasteiger partial charge on any atom is -0.469 e. The molecule has 1 unspecified atom stereocenters. The van der Waals surface area contributed by atoms with Gasteiger partial charge < -0.3 is 4.74 Å². The standard InChI is InChI=1S/C14H24O2/c1-14(2,3)12-8-5-11(6-9-12)7-10-13(15)16-4/h5,12H,6-10H2,1-4H3. The summed E-state index contributed by atoms with van der Waals surface area (Å²) < 4.78 is 4.65. The lowest BCUT2D eigenvalue weighted by atomic mass is 9.73. The first-order valence-electron chi connectivity index (χ1n) is 6.18. The molecular formula is C14H24O2. The van der Waals surface area contributed by atoms with Crippen molar-refractivity contribution in [2.45, 2.75) is 52.9 Å². The van der Waals surface area contributed by atoms with E-state index >= 15 is 0 Å². The van der Waals surface area contributed by atoms with Gasteiger partial charge in [0.05, 0.1) is 7.11 Å². The zero-order valence-electron chi connectivity index (χ0n) is 11.0. The molecule has 0 amide bonds. The van der Waals surface area contributed by atoms with Crippen LogP contribution in [-0.4, -0.2) is 13.1 Å². The lowest BCUT2D eigenvalue weighted by Crippen LogP contribution is -2.22. The molecule has 0 aliphatic heterocycles. The van der Waals surface area contributed by atoms with Gasteiger partial charge in [0.2, 0.25) is 0 Å². The van der Waals surface area contributed by atoms with Gasteiger partial charge in [0.15, 0.2) is 0 Å². The van der Waals surface area contributed by atoms with E-state index in [2.05, 4.69) is 31.6 Å². The van der Waals surface area contributed by atoms with Crippen LogP contribution in [-0.2, 0) is 9.53 Å². The number of hydrogen-bond donors (Lipinski definition) is 0. The Kier molecular flexibility index (Phi) is 4.57. The highest BCUT2D eigenvalue weighted by molar-refractivity contribution is 5.69. The number of hydrogen-bond acceptors (Lipinski definition) is 2. The maximum absolute atomic E-state index is 11.0. The van der Waals surface area contributed by atoms with Crippen molar-refractivity contribution in [3.05, 3.63) is 11.6 Å². The van der Waals surface area contributed by atoms with Crippen LogP contribution < -0.4 is 0 Å². The Labute approximate surface area is 99.1 Å². The van der Waals surface area contributed by atoms with E-state index in [9.17, 15) is 4.79 Å². The number of rotatable bonds is 3. The predicted octanol–water partition coefficient (Wildman–Crippen LogP) is 3.71. The third-order valence-corrected chi connectivity index (χ3v) is 3.61. The summed E-state index contributed by atoms with van der Waals surface area (Å²) in [5.41, 5.74) is 1.84. The summed E-state index contributed by atoms with van der Waals surface area (Å²) in [7, 11) is 1.45. The molecular weight excluding hydrogens is 200 g/mol. The van der Waals surface area contributed by atoms with Crippen LogP contribution in [0.4, 0.5) is 0 Å². The van der Waals surface area contributed by atoms with Gasteiger partial charge in [0, 0.05) is 6.42 Å². The minimum absolute atomic E-state index is 0.0983. The van der Waals surface area contributed by atoms with Crippen LogP contribution in [0.15, 0.2) is 11.6 Å². The van der Waals surface area contributed by atoms with Crippen molar-refractivity contribution in [2.24, 2.45) is 11.3 Å². The molecule has 0 aromatic carbocycles. The highest BCUT2D eigenvalue weighted by Crippen LogP contribution is 2.37. The minimum atomic E-state index is -0.0983. The van der Waals surface area contributed by atoms with Crippen LogP contribution in [0.25, 0.3) is 0 Å². The quantitative estimate of drug-likeness (QED) is 0.539. The summed E-state index contributed by atoms with van der Waals surface area (Å²) in [5.74, 6) is 0.688. The molecule has 1 rings (SSSR count). The smallest absolute Gasteiger partial charge is 0.305 e. The normalized spacial score (nSPS) is 21.5. The molecule has 0 aromatic rings. The number of methoxy groups -OCH3 is 1. The molecule has 0 radical (unpaired) electrons. The summed E-state index contributed by atoms with van der Waals surface area (Å²) in [6.07, 6.45) is 7.32. The number of allylic oxidation sites excluding steroid dienone is 2. The highest BCUT2D eigenvalue weighted by Gasteiger charge is 2.26. The van der Waals surface area contributed by atoms with Gasteiger partial charge in [0.25, 0.3) is 0 Å². The topological polar surface area (TPSA) is 26.3 Å². The average molecular weight is 224 g/mol. The van der Waals surface area contributed by atoms with Crippen LogP contribution in [0.3, 0.4) is 0 Å². The maximum atomic E-state index is 11.0. The molecule has 0 aromatic heterocycles. The van der Waals surface area contributed by atoms with Crippen LogP contribution in [0.2, 0.25) is 0 Å². The molecule has 0 heterocycles. The maximum Gasteiger partial charge on any atom is 0.305 e. The van der Waals surface area contributed by atoms with Gasteiger partial charge in [-0.15, -0.1) is 0 Å². The highest BCUT2D eigenvalue weighted by atomic mass is 16.5. The molecule has 16 heavy (non-hydrogen) atoms. The first kappa shape index (κ1) is 13.3. The monoisotopic (exact) mass is 224 g/mol. The third-order valence-electron chi connectivity index (χ3n) is 3.61. The molecule has 0 bridgehead atoms. The summed E-state index contributed by atoms with van der Waals surface area (Å²) in [6, 6.07) is 0. The fourth-order valence-corrected chi connectivity index (χ4v) is 2.27. The average Bonchev–Trinajstić information content (AvgIpc) is 2.25. The van der Waals surface area contributed by atoms with Gasteiger partial charge in [-0.25, -0.2) is 0 Å². The first-order chi connectivity index (χ1) is 7.43. The van der Waals surface area contributed by atoms with Crippen molar-refractivity contribution < 1.29 is 9.53 Å². The summed E-state index contributed by atoms with van der Waals surface area (Å²) in [4.78, 5) is 11.0. The number of carbonyl (C=O) groups is 1. The molecule has 0 spiro atoms. The molecule has 92 valence electrons. The lowest BCUT2D eigenvalue weighted by Gasteiger charge is -2.33. The van der Waals surface area contributed by atoms with Crippen LogP contribution in [0, 0.1) is 11.3 Å². The van der Waals surface area contributed by atoms with Gasteiger partial charge in [-0.2, -0.15) is 0 Å². The van der Waals surface area contributed by atoms with Crippen LogP contribution in [0.1, 0.15) is 52.9 Å². The Morgan fingerprint density at radius 1 is 1.50 bits per heavy atom. The molecule has 2 heteroatoms. The Morgan fingerprint density at radius 3 is 2.62 bits per heavy atom. The second-order valence-electron chi connectivity index (χ2n) is 5.78. The van der Waals surface area contributed by atoms with E-state index in [4.69, 9.17) is 0 Å². The van der Waals surface area contributed by atoms with Crippen LogP contribution >= 0.6 is 0 Å². The first-order valence-corrected chi connectivity index (χ1v) is 6.18. The van der Waals surface area contributed by atoms with Gasteiger partial charge >= 0.3 is 5.97 Å². The second kappa shape index (κ2) is 5.51. The van der Waals surface area contributed by atoms with E-state index in [1.165, 1.54) is 25.5 Å². The van der Waals surface area contributed by atoms with E-state index in [0.717, 1.165) is 18.8 Å². The number of esters is 1. The summed E-state index contributed by atoms with van der Waals surface area (Å²) >= 11 is 0. The van der Waals surface area contributed by atoms with Gasteiger partial charge in [-0.05, 0) is 37.0 Å². The molecule has 1 atom stereocenters. The number of ether oxygens (including phenoxy) is 1. The Morgan fingerprint density at radius 2 is 2.19 bits per heavy atom. The van der Waals surface area contributed by atoms with Crippen molar-refractivity contribution >= 4 is 5.97 Å². The number of carbonyl (C=O) groups excluding carboxylic acids is 1. The molecule has 1 aliphatic carbocycles. The van der Waals surface area contributed by atoms with Gasteiger partial charge in [-0.3, -0.25) is 4.79 Å². The molecule has 2 nitrogen and oxygen atoms in total. The molecule has 0 fully saturated rings. The Balaban J connectivity index is 2.38. The van der Waals surface area contributed by atoms with Crippen molar-refractivity contribution in [3.63, 3.8) is 0 Å². The van der Waals surface area contributed by atoms with Crippen molar-refractivity contribution in [3.8, 4) is 0 Å². The Bertz CT molecular complexity index is 271. The zero-order valence-corrected chi connectivity index (χ0v) is 11.0. The fourth-order valence-electron chi connectivity index (χ4n) is 2.27. The Hall–Kier alpha value is -0.790. The van der Waals surface area contributed by atoms with E-state index in [1.54, 1.807) is 0 Å². The van der Waals surface area contributed by atoms with Crippen molar-refractivity contribution in [1.29, 1.82) is 0 Å². The summed E-state index contributed by atoms with van der Waals surface area (Å²) in [6.45, 7) is 6.93. The van der Waals surface area contributed by atoms with E-state index in [1.807, 2.05) is 0 Å². The molecule has 1 aliphatic rings. The van der Waals surface area contributed by atoms with Crippen molar-refractivity contribution in [1.82, 2.24) is 0 Å². The van der Waals surface area contributed by atoms with Gasteiger partial charge in [-0.1, -0.05) is 32.4 Å². The molecule has 0 saturated carbocycles. The zero-order chi connectivity index (χ0) is 12.2. The van der Waals surface area contributed by atoms with Crippen molar-refractivity contribution in [2.75, 3.05) is 7.11 Å². The predicted molar refractivity (Wildman–Crippen MR) is 66.1 cm³/mol. The SMILES string of the molecule is COC(=O)CCC1=CCC(C(C)(C)C)CC1. The fraction of sp³-hybridized carbons (Fsp3) is 0.786. The van der Waals surface area contributed by atoms with E-state index in [-0.39, 0.29) is 5.97 Å². The summed E-state index contributed by atoms with van der Waals surface area (Å²) in [5, 5.41) is 0.